The largest absolute Gasteiger partial charge is 0.308 e. The molecule has 3 aromatic rings. The number of nitrogens with zero attached hydrogens (tertiary/aromatic N) is 3. The fourth-order valence-corrected chi connectivity index (χ4v) is 5.40. The topological polar surface area (TPSA) is 76.9 Å². The number of rotatable bonds is 5. The van der Waals surface area contributed by atoms with Gasteiger partial charge in [0, 0.05) is 12.2 Å². The maximum absolute atomic E-state index is 13.0. The Morgan fingerprint density at radius 3 is 2.57 bits per heavy atom. The molecule has 2 heterocycles. The molecule has 7 heteroatoms. The number of aryl methyl sites for hydroxylation is 3. The van der Waals surface area contributed by atoms with Crippen LogP contribution in [-0.4, -0.2) is 23.0 Å². The second kappa shape index (κ2) is 7.29. The molecular formula is C21H26N4O2S. The average Bonchev–Trinajstić information content (AvgIpc) is 3.29. The van der Waals surface area contributed by atoms with E-state index in [2.05, 4.69) is 19.3 Å². The summed E-state index contributed by atoms with van der Waals surface area (Å²) in [5, 5.41) is 0. The van der Waals surface area contributed by atoms with Crippen LogP contribution < -0.4 is 4.72 Å². The molecular weight excluding hydrogens is 372 g/mol. The minimum atomic E-state index is -3.63. The summed E-state index contributed by atoms with van der Waals surface area (Å²) in [6.07, 6.45) is 6.30. The van der Waals surface area contributed by atoms with Crippen LogP contribution in [0.3, 0.4) is 0 Å². The van der Waals surface area contributed by atoms with Crippen LogP contribution in [0, 0.1) is 20.8 Å². The van der Waals surface area contributed by atoms with Crippen molar-refractivity contribution in [3.05, 3.63) is 53.0 Å². The normalized spacial score (nSPS) is 15.5. The highest BCUT2D eigenvalue weighted by Gasteiger charge is 2.25. The highest BCUT2D eigenvalue weighted by Crippen LogP contribution is 2.33. The molecule has 4 rings (SSSR count). The van der Waals surface area contributed by atoms with E-state index in [4.69, 9.17) is 0 Å². The Balaban J connectivity index is 1.67. The molecule has 1 aliphatic carbocycles. The molecule has 1 fully saturated rings. The molecule has 0 unspecified atom stereocenters. The molecule has 0 radical (unpaired) electrons. The first-order chi connectivity index (χ1) is 13.4. The molecule has 1 saturated carbocycles. The minimum absolute atomic E-state index is 0.154. The summed E-state index contributed by atoms with van der Waals surface area (Å²) in [5.74, 6) is 0.727. The van der Waals surface area contributed by atoms with Crippen molar-refractivity contribution in [3.63, 3.8) is 0 Å². The lowest BCUT2D eigenvalue weighted by atomic mass is 10.1. The third kappa shape index (κ3) is 3.44. The molecule has 0 aliphatic heterocycles. The van der Waals surface area contributed by atoms with Gasteiger partial charge in [0.2, 0.25) is 10.0 Å². The van der Waals surface area contributed by atoms with Crippen LogP contribution in [0.4, 0.5) is 0 Å². The standard InChI is InChI=1S/C21H26N4O2S/c1-14-11-16(3)19(12-15(14)2)28(26,27)23-13-20-24-18-9-6-10-22-21(18)25(20)17-7-4-5-8-17/h6,9-12,17,23H,4-5,7-8,13H2,1-3H3. The molecule has 1 N–H and O–H groups in total. The summed E-state index contributed by atoms with van der Waals surface area (Å²) >= 11 is 0. The fourth-order valence-electron chi connectivity index (χ4n) is 4.11. The molecule has 0 amide bonds. The van der Waals surface area contributed by atoms with Gasteiger partial charge in [-0.3, -0.25) is 0 Å². The van der Waals surface area contributed by atoms with E-state index in [9.17, 15) is 8.42 Å². The maximum atomic E-state index is 13.0. The Hall–Kier alpha value is -2.25. The smallest absolute Gasteiger partial charge is 0.241 e. The van der Waals surface area contributed by atoms with Gasteiger partial charge in [0.15, 0.2) is 5.65 Å². The predicted molar refractivity (Wildman–Crippen MR) is 110 cm³/mol. The number of hydrogen-bond acceptors (Lipinski definition) is 4. The van der Waals surface area contributed by atoms with E-state index in [1.807, 2.05) is 39.0 Å². The van der Waals surface area contributed by atoms with Crippen LogP contribution in [0.5, 0.6) is 0 Å². The predicted octanol–water partition coefficient (Wildman–Crippen LogP) is 3.95. The van der Waals surface area contributed by atoms with Crippen LogP contribution in [0.15, 0.2) is 35.4 Å². The Bertz CT molecular complexity index is 1130. The Kier molecular flexibility index (Phi) is 4.97. The lowest BCUT2D eigenvalue weighted by Crippen LogP contribution is -2.26. The molecule has 0 atom stereocenters. The fraction of sp³-hybridized carbons (Fsp3) is 0.429. The number of nitrogens with one attached hydrogen (secondary N) is 1. The van der Waals surface area contributed by atoms with Crippen molar-refractivity contribution in [2.75, 3.05) is 0 Å². The van der Waals surface area contributed by atoms with Crippen LogP contribution in [0.25, 0.3) is 11.2 Å². The minimum Gasteiger partial charge on any atom is -0.308 e. The SMILES string of the molecule is Cc1cc(C)c(S(=O)(=O)NCc2nc3cccnc3n2C2CCCC2)cc1C. The molecule has 2 aromatic heterocycles. The summed E-state index contributed by atoms with van der Waals surface area (Å²) < 4.78 is 30.8. The highest BCUT2D eigenvalue weighted by atomic mass is 32.2. The van der Waals surface area contributed by atoms with Crippen LogP contribution in [-0.2, 0) is 16.6 Å². The van der Waals surface area contributed by atoms with E-state index in [1.165, 1.54) is 12.8 Å². The Labute approximate surface area is 166 Å². The zero-order valence-corrected chi connectivity index (χ0v) is 17.4. The van der Waals surface area contributed by atoms with Crippen LogP contribution >= 0.6 is 0 Å². The average molecular weight is 399 g/mol. The van der Waals surface area contributed by atoms with Gasteiger partial charge in [-0.1, -0.05) is 18.9 Å². The number of aromatic nitrogens is 3. The van der Waals surface area contributed by atoms with E-state index >= 15 is 0 Å². The molecule has 148 valence electrons. The van der Waals surface area contributed by atoms with Gasteiger partial charge in [0.25, 0.3) is 0 Å². The number of benzene rings is 1. The van der Waals surface area contributed by atoms with Gasteiger partial charge < -0.3 is 4.57 Å². The van der Waals surface area contributed by atoms with Crippen molar-refractivity contribution in [2.45, 2.75) is 63.9 Å². The van der Waals surface area contributed by atoms with E-state index in [0.717, 1.165) is 46.5 Å². The lowest BCUT2D eigenvalue weighted by Gasteiger charge is -2.16. The molecule has 0 saturated heterocycles. The van der Waals surface area contributed by atoms with E-state index in [0.29, 0.717) is 10.9 Å². The Morgan fingerprint density at radius 1 is 1.11 bits per heavy atom. The van der Waals surface area contributed by atoms with Crippen molar-refractivity contribution in [1.82, 2.24) is 19.3 Å². The number of sulfonamides is 1. The molecule has 6 nitrogen and oxygen atoms in total. The second-order valence-electron chi connectivity index (χ2n) is 7.71. The first-order valence-electron chi connectivity index (χ1n) is 9.76. The van der Waals surface area contributed by atoms with Crippen LogP contribution in [0.1, 0.15) is 54.2 Å². The van der Waals surface area contributed by atoms with Crippen molar-refractivity contribution in [3.8, 4) is 0 Å². The van der Waals surface area contributed by atoms with Gasteiger partial charge in [0.05, 0.1) is 11.4 Å². The first-order valence-corrected chi connectivity index (χ1v) is 11.2. The van der Waals surface area contributed by atoms with E-state index in [-0.39, 0.29) is 6.54 Å². The second-order valence-corrected chi connectivity index (χ2v) is 9.44. The number of pyridine rings is 1. The molecule has 1 aliphatic rings. The van der Waals surface area contributed by atoms with Gasteiger partial charge in [-0.25, -0.2) is 23.1 Å². The zero-order chi connectivity index (χ0) is 19.9. The van der Waals surface area contributed by atoms with Crippen molar-refractivity contribution in [1.29, 1.82) is 0 Å². The van der Waals surface area contributed by atoms with Gasteiger partial charge >= 0.3 is 0 Å². The zero-order valence-electron chi connectivity index (χ0n) is 16.6. The highest BCUT2D eigenvalue weighted by molar-refractivity contribution is 7.89. The van der Waals surface area contributed by atoms with Crippen LogP contribution in [0.2, 0.25) is 0 Å². The van der Waals surface area contributed by atoms with Gasteiger partial charge in [0.1, 0.15) is 11.3 Å². The third-order valence-corrected chi connectivity index (χ3v) is 7.26. The van der Waals surface area contributed by atoms with Crippen molar-refractivity contribution >= 4 is 21.2 Å². The molecule has 0 spiro atoms. The van der Waals surface area contributed by atoms with Gasteiger partial charge in [-0.05, 0) is 68.5 Å². The summed E-state index contributed by atoms with van der Waals surface area (Å²) in [5.41, 5.74) is 4.46. The summed E-state index contributed by atoms with van der Waals surface area (Å²) in [4.78, 5) is 9.52. The lowest BCUT2D eigenvalue weighted by molar-refractivity contribution is 0.502. The van der Waals surface area contributed by atoms with Crippen molar-refractivity contribution < 1.29 is 8.42 Å². The van der Waals surface area contributed by atoms with Gasteiger partial charge in [-0.2, -0.15) is 0 Å². The molecule has 28 heavy (non-hydrogen) atoms. The number of fused-ring (bicyclic) bond motifs is 1. The van der Waals surface area contributed by atoms with Gasteiger partial charge in [-0.15, -0.1) is 0 Å². The van der Waals surface area contributed by atoms with E-state index < -0.39 is 10.0 Å². The molecule has 1 aromatic carbocycles. The van der Waals surface area contributed by atoms with E-state index in [1.54, 1.807) is 12.3 Å². The number of imidazole rings is 1. The number of hydrogen-bond donors (Lipinski definition) is 1. The Morgan fingerprint density at radius 2 is 1.82 bits per heavy atom. The summed E-state index contributed by atoms with van der Waals surface area (Å²) in [7, 11) is -3.63. The molecule has 0 bridgehead atoms. The first kappa shape index (κ1) is 19.1. The van der Waals surface area contributed by atoms with Crippen molar-refractivity contribution in [2.24, 2.45) is 0 Å². The third-order valence-electron chi connectivity index (χ3n) is 5.71. The maximum Gasteiger partial charge on any atom is 0.241 e. The quantitative estimate of drug-likeness (QED) is 0.706. The monoisotopic (exact) mass is 398 g/mol. The summed E-state index contributed by atoms with van der Waals surface area (Å²) in [6.45, 7) is 5.91. The summed E-state index contributed by atoms with van der Waals surface area (Å²) in [6, 6.07) is 7.79.